The second-order valence-corrected chi connectivity index (χ2v) is 9.44. The molecular weight excluding hydrogens is 364 g/mol. The molecule has 1 saturated heterocycles. The number of sulfonamides is 1. The van der Waals surface area contributed by atoms with Crippen LogP contribution in [0.5, 0.6) is 0 Å². The van der Waals surface area contributed by atoms with Crippen LogP contribution in [0.3, 0.4) is 0 Å². The molecule has 1 aliphatic heterocycles. The van der Waals surface area contributed by atoms with Gasteiger partial charge in [0.25, 0.3) is 5.91 Å². The van der Waals surface area contributed by atoms with Gasteiger partial charge in [0.2, 0.25) is 10.0 Å². The van der Waals surface area contributed by atoms with Gasteiger partial charge in [-0.2, -0.15) is 4.31 Å². The summed E-state index contributed by atoms with van der Waals surface area (Å²) in [7, 11) is -3.63. The normalized spacial score (nSPS) is 24.5. The van der Waals surface area contributed by atoms with Crippen LogP contribution in [0.15, 0.2) is 23.1 Å². The number of carbonyl (C=O) groups is 1. The third-order valence-electron chi connectivity index (χ3n) is 5.73. The topological polar surface area (TPSA) is 75.7 Å². The van der Waals surface area contributed by atoms with Crippen molar-refractivity contribution in [2.75, 3.05) is 26.3 Å². The minimum absolute atomic E-state index is 0.163. The summed E-state index contributed by atoms with van der Waals surface area (Å²) >= 11 is 0. The maximum atomic E-state index is 13.1. The number of benzene rings is 1. The van der Waals surface area contributed by atoms with E-state index in [-0.39, 0.29) is 16.8 Å². The second-order valence-electron chi connectivity index (χ2n) is 7.53. The van der Waals surface area contributed by atoms with Crippen molar-refractivity contribution < 1.29 is 17.9 Å². The van der Waals surface area contributed by atoms with Crippen molar-refractivity contribution in [3.05, 3.63) is 29.3 Å². The fourth-order valence-corrected chi connectivity index (χ4v) is 5.66. The van der Waals surface area contributed by atoms with Gasteiger partial charge in [-0.25, -0.2) is 8.42 Å². The lowest BCUT2D eigenvalue weighted by atomic mass is 9.86. The highest BCUT2D eigenvalue weighted by Gasteiger charge is 2.29. The number of amides is 1. The maximum Gasteiger partial charge on any atom is 0.251 e. The molecule has 3 rings (SSSR count). The van der Waals surface area contributed by atoms with Gasteiger partial charge in [-0.05, 0) is 42.9 Å². The van der Waals surface area contributed by atoms with Crippen LogP contribution >= 0.6 is 0 Å². The minimum atomic E-state index is -3.63. The van der Waals surface area contributed by atoms with E-state index in [4.69, 9.17) is 4.74 Å². The molecule has 1 aromatic rings. The van der Waals surface area contributed by atoms with E-state index >= 15 is 0 Å². The van der Waals surface area contributed by atoms with E-state index in [0.717, 1.165) is 24.8 Å². The monoisotopic (exact) mass is 394 g/mol. The van der Waals surface area contributed by atoms with Crippen molar-refractivity contribution in [1.29, 1.82) is 0 Å². The van der Waals surface area contributed by atoms with Gasteiger partial charge >= 0.3 is 0 Å². The molecule has 150 valence electrons. The van der Waals surface area contributed by atoms with Crippen molar-refractivity contribution in [2.45, 2.75) is 56.9 Å². The molecule has 1 aromatic carbocycles. The summed E-state index contributed by atoms with van der Waals surface area (Å²) < 4.78 is 33.0. The molecule has 2 atom stereocenters. The third-order valence-corrected chi connectivity index (χ3v) is 7.71. The van der Waals surface area contributed by atoms with E-state index in [1.54, 1.807) is 18.2 Å². The van der Waals surface area contributed by atoms with E-state index in [9.17, 15) is 13.2 Å². The van der Waals surface area contributed by atoms with E-state index in [1.807, 2.05) is 6.92 Å². The summed E-state index contributed by atoms with van der Waals surface area (Å²) in [5.74, 6) is 0.268. The van der Waals surface area contributed by atoms with Crippen molar-refractivity contribution in [3.63, 3.8) is 0 Å². The first-order chi connectivity index (χ1) is 12.9. The van der Waals surface area contributed by atoms with Crippen LogP contribution in [-0.2, 0) is 21.2 Å². The SMILES string of the molecule is CCc1ccc(C(=O)NC2CCCCC2C)cc1S(=O)(=O)N1CCOCC1. The number of hydrogen-bond acceptors (Lipinski definition) is 4. The summed E-state index contributed by atoms with van der Waals surface area (Å²) in [6.45, 7) is 5.60. The number of ether oxygens (including phenoxy) is 1. The Hall–Kier alpha value is -1.44. The number of nitrogens with one attached hydrogen (secondary N) is 1. The number of rotatable bonds is 5. The Morgan fingerprint density at radius 1 is 1.22 bits per heavy atom. The molecule has 1 N–H and O–H groups in total. The first-order valence-electron chi connectivity index (χ1n) is 9.95. The van der Waals surface area contributed by atoms with Crippen LogP contribution in [-0.4, -0.2) is 51.0 Å². The Labute approximate surface area is 162 Å². The molecule has 1 aliphatic carbocycles. The van der Waals surface area contributed by atoms with E-state index in [1.165, 1.54) is 10.7 Å². The molecule has 1 amide bonds. The van der Waals surface area contributed by atoms with Crippen molar-refractivity contribution >= 4 is 15.9 Å². The molecule has 7 heteroatoms. The number of morpholine rings is 1. The zero-order chi connectivity index (χ0) is 19.4. The maximum absolute atomic E-state index is 13.1. The smallest absolute Gasteiger partial charge is 0.251 e. The van der Waals surface area contributed by atoms with Gasteiger partial charge < -0.3 is 10.1 Å². The van der Waals surface area contributed by atoms with E-state index < -0.39 is 10.0 Å². The molecule has 1 heterocycles. The number of nitrogens with zero attached hydrogens (tertiary/aromatic N) is 1. The second kappa shape index (κ2) is 8.71. The van der Waals surface area contributed by atoms with Crippen LogP contribution in [0, 0.1) is 5.92 Å². The number of hydrogen-bond donors (Lipinski definition) is 1. The first-order valence-corrected chi connectivity index (χ1v) is 11.4. The fourth-order valence-electron chi connectivity index (χ4n) is 3.94. The molecule has 27 heavy (non-hydrogen) atoms. The zero-order valence-electron chi connectivity index (χ0n) is 16.2. The lowest BCUT2D eigenvalue weighted by Crippen LogP contribution is -2.42. The Bertz CT molecular complexity index is 772. The lowest BCUT2D eigenvalue weighted by molar-refractivity contribution is 0.0730. The van der Waals surface area contributed by atoms with Crippen LogP contribution in [0.1, 0.15) is 55.5 Å². The summed E-state index contributed by atoms with van der Waals surface area (Å²) in [5, 5.41) is 3.11. The van der Waals surface area contributed by atoms with Crippen LogP contribution < -0.4 is 5.32 Å². The van der Waals surface area contributed by atoms with Gasteiger partial charge in [-0.15, -0.1) is 0 Å². The predicted molar refractivity (Wildman–Crippen MR) is 104 cm³/mol. The Morgan fingerprint density at radius 2 is 1.93 bits per heavy atom. The summed E-state index contributed by atoms with van der Waals surface area (Å²) in [5.41, 5.74) is 1.15. The van der Waals surface area contributed by atoms with E-state index in [0.29, 0.717) is 44.2 Å². The zero-order valence-corrected chi connectivity index (χ0v) is 17.1. The molecule has 1 saturated carbocycles. The molecule has 6 nitrogen and oxygen atoms in total. The molecule has 0 aromatic heterocycles. The van der Waals surface area contributed by atoms with Gasteiger partial charge in [0.15, 0.2) is 0 Å². The quantitative estimate of drug-likeness (QED) is 0.833. The number of aryl methyl sites for hydroxylation is 1. The highest BCUT2D eigenvalue weighted by molar-refractivity contribution is 7.89. The standard InChI is InChI=1S/C20H30N2O4S/c1-3-16-8-9-17(20(23)21-18-7-5-4-6-15(18)2)14-19(16)27(24,25)22-10-12-26-13-11-22/h8-9,14-15,18H,3-7,10-13H2,1-2H3,(H,21,23). The van der Waals surface area contributed by atoms with Crippen molar-refractivity contribution in [1.82, 2.24) is 9.62 Å². The van der Waals surface area contributed by atoms with Crippen LogP contribution in [0.2, 0.25) is 0 Å². The average molecular weight is 395 g/mol. The first kappa shape index (κ1) is 20.3. The molecule has 2 fully saturated rings. The average Bonchev–Trinajstić information content (AvgIpc) is 2.69. The number of carbonyl (C=O) groups excluding carboxylic acids is 1. The Balaban J connectivity index is 1.85. The Morgan fingerprint density at radius 3 is 2.59 bits per heavy atom. The van der Waals surface area contributed by atoms with E-state index in [2.05, 4.69) is 12.2 Å². The molecule has 0 radical (unpaired) electrons. The summed E-state index contributed by atoms with van der Waals surface area (Å²) in [6.07, 6.45) is 5.04. The summed E-state index contributed by atoms with van der Waals surface area (Å²) in [6, 6.07) is 5.22. The van der Waals surface area contributed by atoms with Gasteiger partial charge in [0.05, 0.1) is 18.1 Å². The van der Waals surface area contributed by atoms with Gasteiger partial charge in [-0.1, -0.05) is 32.8 Å². The van der Waals surface area contributed by atoms with Gasteiger partial charge in [0, 0.05) is 24.7 Å². The molecular formula is C20H30N2O4S. The lowest BCUT2D eigenvalue weighted by Gasteiger charge is -2.30. The highest BCUT2D eigenvalue weighted by atomic mass is 32.2. The van der Waals surface area contributed by atoms with Crippen molar-refractivity contribution in [2.24, 2.45) is 5.92 Å². The van der Waals surface area contributed by atoms with Crippen LogP contribution in [0.4, 0.5) is 0 Å². The molecule has 0 spiro atoms. The largest absolute Gasteiger partial charge is 0.379 e. The molecule has 0 bridgehead atoms. The van der Waals surface area contributed by atoms with Gasteiger partial charge in [-0.3, -0.25) is 4.79 Å². The van der Waals surface area contributed by atoms with Crippen molar-refractivity contribution in [3.8, 4) is 0 Å². The highest BCUT2D eigenvalue weighted by Crippen LogP contribution is 2.26. The van der Waals surface area contributed by atoms with Crippen LogP contribution in [0.25, 0.3) is 0 Å². The molecule has 2 unspecified atom stereocenters. The summed E-state index contributed by atoms with van der Waals surface area (Å²) in [4.78, 5) is 13.0. The third kappa shape index (κ3) is 4.52. The predicted octanol–water partition coefficient (Wildman–Crippen LogP) is 2.58. The molecule has 2 aliphatic rings. The van der Waals surface area contributed by atoms with Gasteiger partial charge in [0.1, 0.15) is 0 Å². The fraction of sp³-hybridized carbons (Fsp3) is 0.650. The Kier molecular flexibility index (Phi) is 6.55. The minimum Gasteiger partial charge on any atom is -0.379 e.